The van der Waals surface area contributed by atoms with Gasteiger partial charge in [0.1, 0.15) is 0 Å². The number of carbonyl (C=O) groups excluding carboxylic acids is 1. The van der Waals surface area contributed by atoms with Crippen molar-refractivity contribution in [3.05, 3.63) is 29.8 Å². The molecule has 5 nitrogen and oxygen atoms in total. The van der Waals surface area contributed by atoms with Crippen molar-refractivity contribution >= 4 is 39.8 Å². The molecule has 1 fully saturated rings. The maximum absolute atomic E-state index is 12.2. The van der Waals surface area contributed by atoms with Crippen molar-refractivity contribution in [2.75, 3.05) is 24.2 Å². The molecule has 24 heavy (non-hydrogen) atoms. The minimum absolute atomic E-state index is 0.208. The number of nitrogens with zero attached hydrogens (tertiary/aromatic N) is 3. The third-order valence-electron chi connectivity index (χ3n) is 4.05. The molecule has 0 saturated carbocycles. The van der Waals surface area contributed by atoms with Gasteiger partial charge in [0.25, 0.3) is 0 Å². The van der Waals surface area contributed by atoms with Gasteiger partial charge in [-0.15, -0.1) is 10.2 Å². The van der Waals surface area contributed by atoms with Crippen molar-refractivity contribution in [1.82, 2.24) is 15.1 Å². The van der Waals surface area contributed by atoms with E-state index in [0.29, 0.717) is 5.75 Å². The summed E-state index contributed by atoms with van der Waals surface area (Å²) in [6.07, 6.45) is 4.52. The lowest BCUT2D eigenvalue weighted by Crippen LogP contribution is -2.36. The van der Waals surface area contributed by atoms with Crippen LogP contribution in [-0.2, 0) is 11.2 Å². The molecule has 3 rings (SSSR count). The first-order valence-corrected chi connectivity index (χ1v) is 10.1. The highest BCUT2D eigenvalue weighted by molar-refractivity contribution is 8.01. The Bertz CT molecular complexity index is 665. The summed E-state index contributed by atoms with van der Waals surface area (Å²) in [4.78, 5) is 14.1. The summed E-state index contributed by atoms with van der Waals surface area (Å²) in [6, 6.07) is 8.31. The number of piperidine rings is 1. The van der Waals surface area contributed by atoms with Crippen LogP contribution in [0.1, 0.15) is 31.7 Å². The zero-order chi connectivity index (χ0) is 16.8. The topological polar surface area (TPSA) is 58.1 Å². The lowest BCUT2D eigenvalue weighted by atomic mass is 10.1. The first kappa shape index (κ1) is 17.2. The number of aromatic nitrogens is 2. The summed E-state index contributed by atoms with van der Waals surface area (Å²) in [6.45, 7) is 3.94. The minimum atomic E-state index is 0.208. The van der Waals surface area contributed by atoms with Crippen molar-refractivity contribution in [2.24, 2.45) is 0 Å². The molecular weight excluding hydrogens is 340 g/mol. The van der Waals surface area contributed by atoms with E-state index in [4.69, 9.17) is 0 Å². The van der Waals surface area contributed by atoms with Crippen LogP contribution in [0.15, 0.2) is 28.6 Å². The number of benzene rings is 1. The van der Waals surface area contributed by atoms with E-state index in [1.807, 2.05) is 17.0 Å². The molecule has 7 heteroatoms. The number of carbonyl (C=O) groups is 1. The van der Waals surface area contributed by atoms with E-state index in [-0.39, 0.29) is 5.91 Å². The van der Waals surface area contributed by atoms with E-state index in [2.05, 4.69) is 34.6 Å². The van der Waals surface area contributed by atoms with E-state index >= 15 is 0 Å². The van der Waals surface area contributed by atoms with Gasteiger partial charge < -0.3 is 10.2 Å². The van der Waals surface area contributed by atoms with Crippen molar-refractivity contribution in [3.63, 3.8) is 0 Å². The average molecular weight is 363 g/mol. The molecule has 1 aromatic carbocycles. The number of thioether (sulfide) groups is 1. The maximum Gasteiger partial charge on any atom is 0.233 e. The van der Waals surface area contributed by atoms with Gasteiger partial charge in [-0.1, -0.05) is 42.2 Å². The Morgan fingerprint density at radius 1 is 1.21 bits per heavy atom. The second kappa shape index (κ2) is 8.48. The predicted molar refractivity (Wildman–Crippen MR) is 100 cm³/mol. The number of amides is 1. The Balaban J connectivity index is 1.50. The van der Waals surface area contributed by atoms with Crippen LogP contribution >= 0.6 is 23.1 Å². The van der Waals surface area contributed by atoms with E-state index < -0.39 is 0 Å². The van der Waals surface area contributed by atoms with Gasteiger partial charge in [-0.25, -0.2) is 0 Å². The number of anilines is 2. The van der Waals surface area contributed by atoms with Crippen LogP contribution in [0.4, 0.5) is 10.8 Å². The second-order valence-corrected chi connectivity index (χ2v) is 7.98. The third-order valence-corrected chi connectivity index (χ3v) is 6.00. The van der Waals surface area contributed by atoms with Crippen molar-refractivity contribution in [2.45, 2.75) is 36.9 Å². The molecule has 0 bridgehead atoms. The Kier molecular flexibility index (Phi) is 6.09. The monoisotopic (exact) mass is 362 g/mol. The van der Waals surface area contributed by atoms with Gasteiger partial charge in [-0.05, 0) is 43.4 Å². The highest BCUT2D eigenvalue weighted by Crippen LogP contribution is 2.28. The summed E-state index contributed by atoms with van der Waals surface area (Å²) in [5, 5.41) is 12.3. The Morgan fingerprint density at radius 3 is 2.67 bits per heavy atom. The zero-order valence-electron chi connectivity index (χ0n) is 13.8. The first-order chi connectivity index (χ1) is 11.7. The average Bonchev–Trinajstić information content (AvgIpc) is 3.08. The standard InChI is InChI=1S/C17H22N4OS2/c1-2-13-6-8-14(9-7-13)18-16-19-20-17(24-16)23-12-15(22)21-10-4-3-5-11-21/h6-9H,2-5,10-12H2,1H3,(H,18,19). The fraction of sp³-hybridized carbons (Fsp3) is 0.471. The van der Waals surface area contributed by atoms with Gasteiger partial charge in [-0.2, -0.15) is 0 Å². The third kappa shape index (κ3) is 4.70. The maximum atomic E-state index is 12.2. The number of rotatable bonds is 6. The van der Waals surface area contributed by atoms with Crippen molar-refractivity contribution < 1.29 is 4.79 Å². The van der Waals surface area contributed by atoms with Crippen molar-refractivity contribution in [3.8, 4) is 0 Å². The lowest BCUT2D eigenvalue weighted by molar-refractivity contribution is -0.129. The van der Waals surface area contributed by atoms with E-state index in [9.17, 15) is 4.79 Å². The van der Waals surface area contributed by atoms with Crippen LogP contribution in [-0.4, -0.2) is 39.8 Å². The molecule has 0 aliphatic carbocycles. The zero-order valence-corrected chi connectivity index (χ0v) is 15.5. The normalized spacial score (nSPS) is 14.6. The summed E-state index contributed by atoms with van der Waals surface area (Å²) >= 11 is 2.96. The van der Waals surface area contributed by atoms with Crippen molar-refractivity contribution in [1.29, 1.82) is 0 Å². The predicted octanol–water partition coefficient (Wildman–Crippen LogP) is 3.95. The number of aryl methyl sites for hydroxylation is 1. The number of hydrogen-bond donors (Lipinski definition) is 1. The Morgan fingerprint density at radius 2 is 1.96 bits per heavy atom. The fourth-order valence-corrected chi connectivity index (χ4v) is 4.30. The summed E-state index contributed by atoms with van der Waals surface area (Å²) in [5.41, 5.74) is 2.31. The molecule has 0 atom stereocenters. The summed E-state index contributed by atoms with van der Waals surface area (Å²) < 4.78 is 0.827. The van der Waals surface area contributed by atoms with Crippen LogP contribution < -0.4 is 5.32 Å². The molecule has 0 spiro atoms. The largest absolute Gasteiger partial charge is 0.342 e. The lowest BCUT2D eigenvalue weighted by Gasteiger charge is -2.26. The highest BCUT2D eigenvalue weighted by Gasteiger charge is 2.17. The van der Waals surface area contributed by atoms with Gasteiger partial charge in [0.2, 0.25) is 11.0 Å². The quantitative estimate of drug-likeness (QED) is 0.789. The molecular formula is C17H22N4OS2. The molecule has 0 unspecified atom stereocenters. The molecule has 1 aliphatic rings. The summed E-state index contributed by atoms with van der Waals surface area (Å²) in [5.74, 6) is 0.652. The molecule has 128 valence electrons. The number of hydrogen-bond acceptors (Lipinski definition) is 6. The number of likely N-dealkylation sites (tertiary alicyclic amines) is 1. The van der Waals surface area contributed by atoms with Gasteiger partial charge in [0, 0.05) is 18.8 Å². The van der Waals surface area contributed by atoms with E-state index in [1.54, 1.807) is 0 Å². The molecule has 1 N–H and O–H groups in total. The molecule has 1 amide bonds. The molecule has 1 aliphatic heterocycles. The van der Waals surface area contributed by atoms with Crippen LogP contribution in [0.5, 0.6) is 0 Å². The molecule has 1 aromatic heterocycles. The van der Waals surface area contributed by atoms with Crippen LogP contribution in [0.25, 0.3) is 0 Å². The molecule has 2 heterocycles. The van der Waals surface area contributed by atoms with Gasteiger partial charge in [0.05, 0.1) is 5.75 Å². The van der Waals surface area contributed by atoms with Gasteiger partial charge >= 0.3 is 0 Å². The smallest absolute Gasteiger partial charge is 0.233 e. The second-order valence-electron chi connectivity index (χ2n) is 5.78. The van der Waals surface area contributed by atoms with E-state index in [1.165, 1.54) is 35.1 Å². The summed E-state index contributed by atoms with van der Waals surface area (Å²) in [7, 11) is 0. The van der Waals surface area contributed by atoms with Crippen LogP contribution in [0, 0.1) is 0 Å². The highest BCUT2D eigenvalue weighted by atomic mass is 32.2. The Hall–Kier alpha value is -1.60. The minimum Gasteiger partial charge on any atom is -0.342 e. The van der Waals surface area contributed by atoms with Gasteiger partial charge in [0.15, 0.2) is 4.34 Å². The Labute approximate surface area is 150 Å². The SMILES string of the molecule is CCc1ccc(Nc2nnc(SCC(=O)N3CCCCC3)s2)cc1. The number of nitrogens with one attached hydrogen (secondary N) is 1. The van der Waals surface area contributed by atoms with E-state index in [0.717, 1.165) is 47.5 Å². The van der Waals surface area contributed by atoms with Crippen LogP contribution in [0.2, 0.25) is 0 Å². The first-order valence-electron chi connectivity index (χ1n) is 8.34. The molecule has 1 saturated heterocycles. The molecule has 2 aromatic rings. The fourth-order valence-electron chi connectivity index (χ4n) is 2.62. The molecule has 0 radical (unpaired) electrons. The van der Waals surface area contributed by atoms with Gasteiger partial charge in [-0.3, -0.25) is 4.79 Å². The van der Waals surface area contributed by atoms with Crippen LogP contribution in [0.3, 0.4) is 0 Å².